The smallest absolute Gasteiger partial charge is 0.152 e. The average molecular weight is 717 g/mol. The van der Waals surface area contributed by atoms with Gasteiger partial charge in [-0.3, -0.25) is 0 Å². The van der Waals surface area contributed by atoms with Crippen LogP contribution < -0.4 is 9.64 Å². The highest BCUT2D eigenvalue weighted by Crippen LogP contribution is 2.49. The van der Waals surface area contributed by atoms with E-state index >= 15 is 0 Å². The van der Waals surface area contributed by atoms with Gasteiger partial charge in [-0.1, -0.05) is 127 Å². The Morgan fingerprint density at radius 3 is 2.09 bits per heavy atom. The van der Waals surface area contributed by atoms with E-state index in [4.69, 9.17) is 9.15 Å². The Hall–Kier alpha value is -7.56. The third-order valence-corrected chi connectivity index (χ3v) is 11.4. The molecule has 0 radical (unpaired) electrons. The monoisotopic (exact) mass is 716 g/mol. The number of hydrogen-bond donors (Lipinski definition) is 0. The van der Waals surface area contributed by atoms with Crippen LogP contribution in [-0.4, -0.2) is 4.57 Å². The van der Waals surface area contributed by atoms with E-state index in [2.05, 4.69) is 185 Å². The Bertz CT molecular complexity index is 3360. The first kappa shape index (κ1) is 30.9. The molecule has 56 heavy (non-hydrogen) atoms. The summed E-state index contributed by atoms with van der Waals surface area (Å²) in [6, 6.07) is 69.1. The molecule has 0 saturated carbocycles. The summed E-state index contributed by atoms with van der Waals surface area (Å²) in [5, 5.41) is 6.97. The number of aromatic nitrogens is 1. The summed E-state index contributed by atoms with van der Waals surface area (Å²) in [6.07, 6.45) is 0. The first-order chi connectivity index (χ1) is 27.8. The van der Waals surface area contributed by atoms with Gasteiger partial charge in [0.15, 0.2) is 11.5 Å². The zero-order valence-corrected chi connectivity index (χ0v) is 30.2. The minimum atomic E-state index is 0.856. The van der Waals surface area contributed by atoms with Gasteiger partial charge in [0.2, 0.25) is 0 Å². The predicted molar refractivity (Wildman–Crippen MR) is 231 cm³/mol. The molecule has 0 atom stereocenters. The molecule has 12 rings (SSSR count). The topological polar surface area (TPSA) is 30.5 Å². The molecule has 0 fully saturated rings. The van der Waals surface area contributed by atoms with Gasteiger partial charge < -0.3 is 18.6 Å². The van der Waals surface area contributed by atoms with Crippen LogP contribution in [0.1, 0.15) is 0 Å². The van der Waals surface area contributed by atoms with Gasteiger partial charge >= 0.3 is 0 Å². The van der Waals surface area contributed by atoms with Crippen LogP contribution >= 0.6 is 0 Å². The lowest BCUT2D eigenvalue weighted by Gasteiger charge is -2.29. The van der Waals surface area contributed by atoms with Crippen molar-refractivity contribution in [1.29, 1.82) is 0 Å². The fourth-order valence-electron chi connectivity index (χ4n) is 8.94. The quantitative estimate of drug-likeness (QED) is 0.178. The number of anilines is 3. The van der Waals surface area contributed by atoms with Gasteiger partial charge in [-0.25, -0.2) is 0 Å². The standard InChI is InChI=1S/C52H32N2O2/c1-2-17-37-33(13-1)14-10-20-38(37)34-15-9-16-36(31-34)53(46-24-12-27-49-51(46)41-19-4-7-25-47(41)55-49)43-22-5-3-18-39(43)35-29-30-44-42(32-35)40-21-11-28-50-52(40)54(44)45-23-6-8-26-48(45)56-50/h1-32H. The van der Waals surface area contributed by atoms with E-state index in [1.54, 1.807) is 0 Å². The Labute approximate surface area is 322 Å². The van der Waals surface area contributed by atoms with Crippen LogP contribution in [0.2, 0.25) is 0 Å². The van der Waals surface area contributed by atoms with Crippen molar-refractivity contribution in [1.82, 2.24) is 4.57 Å². The third-order valence-electron chi connectivity index (χ3n) is 11.4. The molecular weight excluding hydrogens is 685 g/mol. The molecule has 0 spiro atoms. The first-order valence-electron chi connectivity index (χ1n) is 19.0. The first-order valence-corrected chi connectivity index (χ1v) is 19.0. The van der Waals surface area contributed by atoms with Crippen LogP contribution in [0.4, 0.5) is 17.1 Å². The average Bonchev–Trinajstić information content (AvgIpc) is 3.81. The summed E-state index contributed by atoms with van der Waals surface area (Å²) in [5.74, 6) is 1.73. The molecule has 4 heteroatoms. The molecule has 4 nitrogen and oxygen atoms in total. The van der Waals surface area contributed by atoms with Gasteiger partial charge in [0.25, 0.3) is 0 Å². The SMILES string of the molecule is c1cc(-c2cccc3ccccc23)cc(N(c2ccccc2-c2ccc3c(c2)c2cccc4c2n3-c2ccccc2O4)c2cccc3oc4ccccc4c23)c1. The van der Waals surface area contributed by atoms with Gasteiger partial charge in [-0.05, 0) is 94.2 Å². The lowest BCUT2D eigenvalue weighted by Crippen LogP contribution is -2.11. The molecular formula is C52H32N2O2. The van der Waals surface area contributed by atoms with E-state index in [0.29, 0.717) is 0 Å². The van der Waals surface area contributed by atoms with Crippen molar-refractivity contribution in [3.8, 4) is 39.4 Å². The van der Waals surface area contributed by atoms with Gasteiger partial charge in [-0.2, -0.15) is 0 Å². The molecule has 0 aliphatic carbocycles. The minimum absolute atomic E-state index is 0.856. The Balaban J connectivity index is 1.11. The second-order valence-electron chi connectivity index (χ2n) is 14.5. The van der Waals surface area contributed by atoms with Crippen molar-refractivity contribution in [2.45, 2.75) is 0 Å². The van der Waals surface area contributed by atoms with Crippen molar-refractivity contribution in [2.24, 2.45) is 0 Å². The van der Waals surface area contributed by atoms with Crippen LogP contribution in [0.5, 0.6) is 11.5 Å². The second kappa shape index (κ2) is 12.0. The highest BCUT2D eigenvalue weighted by atomic mass is 16.5. The fraction of sp³-hybridized carbons (Fsp3) is 0. The maximum atomic E-state index is 6.47. The number of para-hydroxylation sites is 5. The molecule has 11 aromatic rings. The number of nitrogens with zero attached hydrogens (tertiary/aromatic N) is 2. The maximum Gasteiger partial charge on any atom is 0.152 e. The normalized spacial score (nSPS) is 12.1. The molecule has 2 aromatic heterocycles. The molecule has 1 aliphatic rings. The largest absolute Gasteiger partial charge is 0.456 e. The van der Waals surface area contributed by atoms with Crippen LogP contribution in [0.25, 0.3) is 82.5 Å². The number of benzene rings is 9. The van der Waals surface area contributed by atoms with Gasteiger partial charge in [-0.15, -0.1) is 0 Å². The van der Waals surface area contributed by atoms with Crippen LogP contribution in [0.3, 0.4) is 0 Å². The molecule has 0 amide bonds. The van der Waals surface area contributed by atoms with Gasteiger partial charge in [0.1, 0.15) is 11.2 Å². The van der Waals surface area contributed by atoms with E-state index in [9.17, 15) is 0 Å². The Morgan fingerprint density at radius 2 is 1.11 bits per heavy atom. The van der Waals surface area contributed by atoms with Gasteiger partial charge in [0.05, 0.1) is 33.5 Å². The molecule has 1 aliphatic heterocycles. The van der Waals surface area contributed by atoms with Crippen LogP contribution in [0, 0.1) is 0 Å². The molecule has 0 bridgehead atoms. The summed E-state index contributed by atoms with van der Waals surface area (Å²) in [4.78, 5) is 2.41. The van der Waals surface area contributed by atoms with Crippen LogP contribution in [-0.2, 0) is 0 Å². The lowest BCUT2D eigenvalue weighted by molar-refractivity contribution is 0.476. The van der Waals surface area contributed by atoms with Crippen molar-refractivity contribution in [3.05, 3.63) is 194 Å². The van der Waals surface area contributed by atoms with Crippen molar-refractivity contribution >= 4 is 71.6 Å². The number of hydrogen-bond acceptors (Lipinski definition) is 3. The second-order valence-corrected chi connectivity index (χ2v) is 14.5. The van der Waals surface area contributed by atoms with E-state index in [-0.39, 0.29) is 0 Å². The number of furan rings is 1. The van der Waals surface area contributed by atoms with Gasteiger partial charge in [0, 0.05) is 27.4 Å². The van der Waals surface area contributed by atoms with Crippen molar-refractivity contribution < 1.29 is 9.15 Å². The molecule has 0 N–H and O–H groups in total. The minimum Gasteiger partial charge on any atom is -0.456 e. The van der Waals surface area contributed by atoms with Crippen LogP contribution in [0.15, 0.2) is 199 Å². The molecule has 0 unspecified atom stereocenters. The molecule has 9 aromatic carbocycles. The fourth-order valence-corrected chi connectivity index (χ4v) is 8.94. The third kappa shape index (κ3) is 4.53. The zero-order valence-electron chi connectivity index (χ0n) is 30.2. The molecule has 3 heterocycles. The number of ether oxygens (including phenoxy) is 1. The maximum absolute atomic E-state index is 6.47. The highest BCUT2D eigenvalue weighted by molar-refractivity contribution is 6.15. The number of rotatable bonds is 5. The molecule has 0 saturated heterocycles. The number of fused-ring (bicyclic) bond motifs is 9. The van der Waals surface area contributed by atoms with Crippen molar-refractivity contribution in [3.63, 3.8) is 0 Å². The molecule has 262 valence electrons. The van der Waals surface area contributed by atoms with E-state index < -0.39 is 0 Å². The van der Waals surface area contributed by atoms with E-state index in [1.807, 2.05) is 18.2 Å². The summed E-state index contributed by atoms with van der Waals surface area (Å²) in [5.41, 5.74) is 12.8. The Kier molecular flexibility index (Phi) is 6.60. The van der Waals surface area contributed by atoms with E-state index in [0.717, 1.165) is 83.9 Å². The summed E-state index contributed by atoms with van der Waals surface area (Å²) < 4.78 is 15.3. The van der Waals surface area contributed by atoms with E-state index in [1.165, 1.54) is 27.1 Å². The predicted octanol–water partition coefficient (Wildman–Crippen LogP) is 14.7. The Morgan fingerprint density at radius 1 is 0.429 bits per heavy atom. The summed E-state index contributed by atoms with van der Waals surface area (Å²) >= 11 is 0. The van der Waals surface area contributed by atoms with Crippen molar-refractivity contribution in [2.75, 3.05) is 4.90 Å². The summed E-state index contributed by atoms with van der Waals surface area (Å²) in [6.45, 7) is 0. The highest BCUT2D eigenvalue weighted by Gasteiger charge is 2.26. The lowest BCUT2D eigenvalue weighted by atomic mass is 9.96. The summed E-state index contributed by atoms with van der Waals surface area (Å²) in [7, 11) is 0. The zero-order chi connectivity index (χ0) is 36.7.